The highest BCUT2D eigenvalue weighted by atomic mass is 35.5. The zero-order chi connectivity index (χ0) is 21.4. The monoisotopic (exact) mass is 457 g/mol. The molecule has 0 spiro atoms. The van der Waals surface area contributed by atoms with E-state index in [1.165, 1.54) is 0 Å². The van der Waals surface area contributed by atoms with Crippen molar-refractivity contribution in [3.8, 4) is 0 Å². The molecule has 0 saturated carbocycles. The van der Waals surface area contributed by atoms with Crippen LogP contribution in [-0.2, 0) is 22.9 Å². The lowest BCUT2D eigenvalue weighted by Gasteiger charge is -2.36. The van der Waals surface area contributed by atoms with Gasteiger partial charge in [-0.25, -0.2) is 0 Å². The molecular formula is C19H37Cl2NO5Si. The standard InChI is InChI=1S/C19H37Cl2NO5Si/c1-5-17(28(25-6-2,26-7-3)27-8-4)13-16-22(14-9-11-18(20)23)15-10-12-19(21)24/h17H,5-16H2,1-4H3. The maximum Gasteiger partial charge on any atom is 0.504 e. The summed E-state index contributed by atoms with van der Waals surface area (Å²) < 4.78 is 18.2. The van der Waals surface area contributed by atoms with Gasteiger partial charge in [0.1, 0.15) is 0 Å². The molecule has 0 aromatic rings. The average molecular weight is 458 g/mol. The van der Waals surface area contributed by atoms with Crippen LogP contribution in [0.1, 0.15) is 66.2 Å². The second kappa shape index (κ2) is 16.7. The molecule has 0 radical (unpaired) electrons. The number of nitrogens with zero attached hydrogens (tertiary/aromatic N) is 1. The van der Waals surface area contributed by atoms with Crippen LogP contribution in [0.5, 0.6) is 0 Å². The molecule has 0 fully saturated rings. The summed E-state index contributed by atoms with van der Waals surface area (Å²) in [6.45, 7) is 12.0. The maximum absolute atomic E-state index is 11.0. The second-order valence-corrected chi connectivity index (χ2v) is 10.3. The summed E-state index contributed by atoms with van der Waals surface area (Å²) in [6.07, 6.45) is 3.85. The molecule has 0 aliphatic heterocycles. The Labute approximate surface area is 181 Å². The summed E-state index contributed by atoms with van der Waals surface area (Å²) in [5.74, 6) is 0. The van der Waals surface area contributed by atoms with Crippen LogP contribution >= 0.6 is 23.2 Å². The van der Waals surface area contributed by atoms with Gasteiger partial charge in [0.15, 0.2) is 0 Å². The van der Waals surface area contributed by atoms with Gasteiger partial charge in [-0.3, -0.25) is 9.59 Å². The van der Waals surface area contributed by atoms with Crippen molar-refractivity contribution in [3.05, 3.63) is 0 Å². The summed E-state index contributed by atoms with van der Waals surface area (Å²) in [6, 6.07) is 0. The molecule has 0 aromatic heterocycles. The van der Waals surface area contributed by atoms with Gasteiger partial charge in [-0.2, -0.15) is 0 Å². The van der Waals surface area contributed by atoms with E-state index in [1.54, 1.807) is 0 Å². The van der Waals surface area contributed by atoms with Crippen molar-refractivity contribution >= 4 is 42.5 Å². The highest BCUT2D eigenvalue weighted by Gasteiger charge is 2.47. The number of hydrogen-bond donors (Lipinski definition) is 0. The number of hydrogen-bond acceptors (Lipinski definition) is 6. The minimum absolute atomic E-state index is 0.194. The first kappa shape index (κ1) is 28.0. The Morgan fingerprint density at radius 1 is 0.821 bits per heavy atom. The molecule has 0 amide bonds. The van der Waals surface area contributed by atoms with Crippen LogP contribution in [0, 0.1) is 0 Å². The highest BCUT2D eigenvalue weighted by molar-refractivity contribution is 6.63. The second-order valence-electron chi connectivity index (χ2n) is 6.56. The normalized spacial score (nSPS) is 13.1. The maximum atomic E-state index is 11.0. The molecule has 9 heteroatoms. The summed E-state index contributed by atoms with van der Waals surface area (Å²) in [5.41, 5.74) is 0.194. The molecule has 0 aromatic carbocycles. The van der Waals surface area contributed by atoms with Crippen molar-refractivity contribution in [2.75, 3.05) is 39.5 Å². The van der Waals surface area contributed by atoms with Gasteiger partial charge < -0.3 is 18.2 Å². The van der Waals surface area contributed by atoms with E-state index in [0.717, 1.165) is 32.5 Å². The average Bonchev–Trinajstić information content (AvgIpc) is 2.61. The van der Waals surface area contributed by atoms with Crippen molar-refractivity contribution in [2.45, 2.75) is 71.8 Å². The summed E-state index contributed by atoms with van der Waals surface area (Å²) in [7, 11) is -2.77. The van der Waals surface area contributed by atoms with Gasteiger partial charge in [-0.05, 0) is 89.3 Å². The molecule has 0 N–H and O–H groups in total. The third-order valence-corrected chi connectivity index (χ3v) is 8.67. The predicted molar refractivity (Wildman–Crippen MR) is 116 cm³/mol. The van der Waals surface area contributed by atoms with E-state index in [-0.39, 0.29) is 16.0 Å². The van der Waals surface area contributed by atoms with E-state index >= 15 is 0 Å². The van der Waals surface area contributed by atoms with Crippen LogP contribution in [0.4, 0.5) is 0 Å². The Morgan fingerprint density at radius 2 is 1.25 bits per heavy atom. The first-order chi connectivity index (χ1) is 13.3. The van der Waals surface area contributed by atoms with Crippen LogP contribution in [0.25, 0.3) is 0 Å². The molecule has 1 atom stereocenters. The first-order valence-corrected chi connectivity index (χ1v) is 12.9. The third kappa shape index (κ3) is 11.9. The number of halogens is 2. The summed E-state index contributed by atoms with van der Waals surface area (Å²) >= 11 is 10.9. The Bertz CT molecular complexity index is 406. The quantitative estimate of drug-likeness (QED) is 0.208. The topological polar surface area (TPSA) is 65.1 Å². The molecule has 0 saturated heterocycles. The van der Waals surface area contributed by atoms with Gasteiger partial charge in [0.05, 0.1) is 0 Å². The van der Waals surface area contributed by atoms with E-state index < -0.39 is 8.80 Å². The van der Waals surface area contributed by atoms with Gasteiger partial charge in [0.25, 0.3) is 0 Å². The van der Waals surface area contributed by atoms with E-state index in [1.807, 2.05) is 20.8 Å². The Kier molecular flexibility index (Phi) is 16.7. The Balaban J connectivity index is 5.01. The molecule has 0 bridgehead atoms. The lowest BCUT2D eigenvalue weighted by Crippen LogP contribution is -2.51. The highest BCUT2D eigenvalue weighted by Crippen LogP contribution is 2.32. The number of carbonyl (C=O) groups is 2. The van der Waals surface area contributed by atoms with Crippen molar-refractivity contribution in [2.24, 2.45) is 0 Å². The molecule has 6 nitrogen and oxygen atoms in total. The van der Waals surface area contributed by atoms with Crippen LogP contribution in [0.3, 0.4) is 0 Å². The van der Waals surface area contributed by atoms with Crippen molar-refractivity contribution in [1.82, 2.24) is 4.90 Å². The molecule has 166 valence electrons. The van der Waals surface area contributed by atoms with Crippen molar-refractivity contribution in [1.29, 1.82) is 0 Å². The first-order valence-electron chi connectivity index (χ1n) is 10.4. The minimum Gasteiger partial charge on any atom is -0.374 e. The lowest BCUT2D eigenvalue weighted by atomic mass is 10.2. The summed E-state index contributed by atoms with van der Waals surface area (Å²) in [5, 5.41) is -0.643. The largest absolute Gasteiger partial charge is 0.504 e. The van der Waals surface area contributed by atoms with Gasteiger partial charge in [0.2, 0.25) is 10.5 Å². The molecular weight excluding hydrogens is 421 g/mol. The fourth-order valence-electron chi connectivity index (χ4n) is 3.27. The molecule has 1 unspecified atom stereocenters. The van der Waals surface area contributed by atoms with Crippen LogP contribution in [-0.4, -0.2) is 63.6 Å². The fourth-order valence-corrected chi connectivity index (χ4v) is 6.68. The Morgan fingerprint density at radius 3 is 1.57 bits per heavy atom. The third-order valence-electron chi connectivity index (χ3n) is 4.52. The molecule has 28 heavy (non-hydrogen) atoms. The minimum atomic E-state index is -2.77. The molecule has 0 aliphatic rings. The zero-order valence-corrected chi connectivity index (χ0v) is 20.3. The smallest absolute Gasteiger partial charge is 0.374 e. The van der Waals surface area contributed by atoms with E-state index in [2.05, 4.69) is 11.8 Å². The predicted octanol–water partition coefficient (Wildman–Crippen LogP) is 4.60. The lowest BCUT2D eigenvalue weighted by molar-refractivity contribution is -0.112. The van der Waals surface area contributed by atoms with Crippen molar-refractivity contribution < 1.29 is 22.9 Å². The van der Waals surface area contributed by atoms with Gasteiger partial charge in [-0.1, -0.05) is 6.92 Å². The van der Waals surface area contributed by atoms with Crippen molar-refractivity contribution in [3.63, 3.8) is 0 Å². The molecule has 0 rings (SSSR count). The van der Waals surface area contributed by atoms with E-state index in [9.17, 15) is 9.59 Å². The van der Waals surface area contributed by atoms with Crippen LogP contribution in [0.15, 0.2) is 0 Å². The fraction of sp³-hybridized carbons (Fsp3) is 0.895. The number of rotatable bonds is 19. The van der Waals surface area contributed by atoms with E-state index in [0.29, 0.717) is 45.5 Å². The van der Waals surface area contributed by atoms with E-state index in [4.69, 9.17) is 36.5 Å². The van der Waals surface area contributed by atoms with Gasteiger partial charge >= 0.3 is 8.80 Å². The molecule has 0 aliphatic carbocycles. The molecule has 0 heterocycles. The van der Waals surface area contributed by atoms with Gasteiger partial charge in [-0.15, -0.1) is 0 Å². The summed E-state index contributed by atoms with van der Waals surface area (Å²) in [4.78, 5) is 24.3. The zero-order valence-electron chi connectivity index (χ0n) is 17.8. The Hall–Kier alpha value is -0.0231. The van der Waals surface area contributed by atoms with Gasteiger partial charge in [0, 0.05) is 38.2 Å². The van der Waals surface area contributed by atoms with Crippen LogP contribution in [0.2, 0.25) is 5.54 Å². The number of carbonyl (C=O) groups excluding carboxylic acids is 2. The van der Waals surface area contributed by atoms with Crippen LogP contribution < -0.4 is 0 Å². The SMILES string of the molecule is CCO[Si](OCC)(OCC)C(CC)CCN(CCCC(=O)Cl)CCCC(=O)Cl.